The molecule has 2 bridgehead atoms. The van der Waals surface area contributed by atoms with Crippen LogP contribution in [0.2, 0.25) is 0 Å². The van der Waals surface area contributed by atoms with E-state index in [1.165, 1.54) is 25.7 Å². The van der Waals surface area contributed by atoms with Gasteiger partial charge in [0, 0.05) is 18.1 Å². The highest BCUT2D eigenvalue weighted by Crippen LogP contribution is 2.41. The second-order valence-electron chi connectivity index (χ2n) is 5.96. The maximum atomic E-state index is 11.6. The number of rotatable bonds is 2. The molecule has 0 aromatic heterocycles. The zero-order valence-electron chi connectivity index (χ0n) is 10.2. The molecule has 0 spiro atoms. The Morgan fingerprint density at radius 2 is 1.71 bits per heavy atom. The summed E-state index contributed by atoms with van der Waals surface area (Å²) in [7, 11) is -2.75. The van der Waals surface area contributed by atoms with E-state index in [9.17, 15) is 8.42 Å². The maximum Gasteiger partial charge on any atom is 0.151 e. The van der Waals surface area contributed by atoms with Crippen molar-refractivity contribution < 1.29 is 8.42 Å². The lowest BCUT2D eigenvalue weighted by atomic mass is 9.89. The van der Waals surface area contributed by atoms with E-state index in [0.29, 0.717) is 35.5 Å². The number of hydrogen-bond donors (Lipinski definition) is 1. The van der Waals surface area contributed by atoms with Crippen LogP contribution in [-0.4, -0.2) is 49.5 Å². The Hall–Kier alpha value is -0.130. The summed E-state index contributed by atoms with van der Waals surface area (Å²) in [5, 5.41) is 0. The van der Waals surface area contributed by atoms with Gasteiger partial charge in [-0.1, -0.05) is 0 Å². The van der Waals surface area contributed by atoms with Crippen molar-refractivity contribution in [2.24, 2.45) is 11.7 Å². The van der Waals surface area contributed by atoms with Gasteiger partial charge in [0.1, 0.15) is 0 Å². The minimum absolute atomic E-state index is 0.302. The van der Waals surface area contributed by atoms with E-state index in [0.717, 1.165) is 13.0 Å². The molecule has 3 saturated heterocycles. The molecule has 3 atom stereocenters. The summed E-state index contributed by atoms with van der Waals surface area (Å²) in [4.78, 5) is 2.54. The Morgan fingerprint density at radius 1 is 1.06 bits per heavy atom. The zero-order chi connectivity index (χ0) is 12.0. The third-order valence-corrected chi connectivity index (χ3v) is 6.60. The average Bonchev–Trinajstić information content (AvgIpc) is 2.76. The largest absolute Gasteiger partial charge is 0.330 e. The molecule has 17 heavy (non-hydrogen) atoms. The first kappa shape index (κ1) is 11.9. The predicted octanol–water partition coefficient (Wildman–Crippen LogP) is 0.375. The van der Waals surface area contributed by atoms with Gasteiger partial charge in [0.2, 0.25) is 0 Å². The first-order chi connectivity index (χ1) is 8.09. The minimum atomic E-state index is -2.75. The molecule has 3 unspecified atom stereocenters. The van der Waals surface area contributed by atoms with Gasteiger partial charge in [0.25, 0.3) is 0 Å². The van der Waals surface area contributed by atoms with Crippen LogP contribution in [0.3, 0.4) is 0 Å². The minimum Gasteiger partial charge on any atom is -0.330 e. The molecule has 3 fully saturated rings. The topological polar surface area (TPSA) is 63.4 Å². The lowest BCUT2D eigenvalue weighted by Crippen LogP contribution is -2.50. The van der Waals surface area contributed by atoms with Crippen LogP contribution in [0.5, 0.6) is 0 Å². The molecule has 0 saturated carbocycles. The highest BCUT2D eigenvalue weighted by atomic mass is 32.2. The number of sulfone groups is 1. The second-order valence-corrected chi connectivity index (χ2v) is 8.19. The average molecular weight is 258 g/mol. The third-order valence-electron chi connectivity index (χ3n) is 4.85. The van der Waals surface area contributed by atoms with Crippen molar-refractivity contribution in [2.75, 3.05) is 18.1 Å². The Balaban J connectivity index is 1.74. The lowest BCUT2D eigenvalue weighted by Gasteiger charge is -2.42. The number of piperidine rings is 1. The fraction of sp³-hybridized carbons (Fsp3) is 1.00. The summed E-state index contributed by atoms with van der Waals surface area (Å²) in [5.74, 6) is 1.46. The number of nitrogens with zero attached hydrogens (tertiary/aromatic N) is 1. The summed E-state index contributed by atoms with van der Waals surface area (Å²) in [6.45, 7) is 0.795. The molecule has 98 valence electrons. The fourth-order valence-corrected chi connectivity index (χ4v) is 5.85. The summed E-state index contributed by atoms with van der Waals surface area (Å²) in [6, 6.07) is 1.53. The summed E-state index contributed by atoms with van der Waals surface area (Å²) in [5.41, 5.74) is 5.78. The SMILES string of the molecule is NCC1CC2CCC(C1)N2C1CCS(=O)(=O)C1. The molecule has 5 heteroatoms. The Morgan fingerprint density at radius 3 is 2.18 bits per heavy atom. The molecule has 2 N–H and O–H groups in total. The molecule has 4 nitrogen and oxygen atoms in total. The van der Waals surface area contributed by atoms with Crippen molar-refractivity contribution in [3.63, 3.8) is 0 Å². The molecule has 3 aliphatic rings. The summed E-state index contributed by atoms with van der Waals surface area (Å²) in [6.07, 6.45) is 5.71. The first-order valence-electron chi connectivity index (χ1n) is 6.77. The van der Waals surface area contributed by atoms with Gasteiger partial charge in [-0.25, -0.2) is 8.42 Å². The van der Waals surface area contributed by atoms with Gasteiger partial charge in [0.15, 0.2) is 9.84 Å². The number of fused-ring (bicyclic) bond motifs is 2. The maximum absolute atomic E-state index is 11.6. The molecule has 3 heterocycles. The van der Waals surface area contributed by atoms with Crippen LogP contribution in [0, 0.1) is 5.92 Å². The van der Waals surface area contributed by atoms with E-state index in [4.69, 9.17) is 5.73 Å². The van der Waals surface area contributed by atoms with Gasteiger partial charge in [0.05, 0.1) is 11.5 Å². The molecule has 3 rings (SSSR count). The molecule has 0 amide bonds. The van der Waals surface area contributed by atoms with Gasteiger partial charge in [-0.2, -0.15) is 0 Å². The van der Waals surface area contributed by atoms with Crippen LogP contribution in [0.15, 0.2) is 0 Å². The van der Waals surface area contributed by atoms with Crippen molar-refractivity contribution in [3.8, 4) is 0 Å². The van der Waals surface area contributed by atoms with Gasteiger partial charge < -0.3 is 5.73 Å². The van der Waals surface area contributed by atoms with Crippen molar-refractivity contribution in [1.82, 2.24) is 4.90 Å². The monoisotopic (exact) mass is 258 g/mol. The van der Waals surface area contributed by atoms with Gasteiger partial charge >= 0.3 is 0 Å². The predicted molar refractivity (Wildman–Crippen MR) is 67.5 cm³/mol. The quantitative estimate of drug-likeness (QED) is 0.777. The molecule has 0 radical (unpaired) electrons. The smallest absolute Gasteiger partial charge is 0.151 e. The van der Waals surface area contributed by atoms with Gasteiger partial charge in [-0.3, -0.25) is 4.90 Å². The van der Waals surface area contributed by atoms with Crippen LogP contribution < -0.4 is 5.73 Å². The standard InChI is InChI=1S/C12H22N2O2S/c13-7-9-5-10-1-2-11(6-9)14(10)12-3-4-17(15,16)8-12/h9-12H,1-8,13H2. The van der Waals surface area contributed by atoms with Crippen LogP contribution in [0.25, 0.3) is 0 Å². The Labute approximate surface area is 103 Å². The molecular formula is C12H22N2O2S. The summed E-state index contributed by atoms with van der Waals surface area (Å²) >= 11 is 0. The van der Waals surface area contributed by atoms with E-state index >= 15 is 0 Å². The fourth-order valence-electron chi connectivity index (χ4n) is 4.13. The van der Waals surface area contributed by atoms with Crippen LogP contribution >= 0.6 is 0 Å². The molecular weight excluding hydrogens is 236 g/mol. The van der Waals surface area contributed by atoms with Crippen molar-refractivity contribution >= 4 is 9.84 Å². The van der Waals surface area contributed by atoms with E-state index in [2.05, 4.69) is 4.90 Å². The molecule has 3 aliphatic heterocycles. The van der Waals surface area contributed by atoms with Crippen LogP contribution in [0.4, 0.5) is 0 Å². The van der Waals surface area contributed by atoms with Crippen LogP contribution in [0.1, 0.15) is 32.1 Å². The van der Waals surface area contributed by atoms with Crippen molar-refractivity contribution in [1.29, 1.82) is 0 Å². The highest BCUT2D eigenvalue weighted by Gasteiger charge is 2.46. The molecule has 0 aliphatic carbocycles. The van der Waals surface area contributed by atoms with E-state index in [1.807, 2.05) is 0 Å². The highest BCUT2D eigenvalue weighted by molar-refractivity contribution is 7.91. The zero-order valence-corrected chi connectivity index (χ0v) is 11.0. The first-order valence-corrected chi connectivity index (χ1v) is 8.59. The lowest BCUT2D eigenvalue weighted by molar-refractivity contribution is 0.0712. The summed E-state index contributed by atoms with van der Waals surface area (Å²) < 4.78 is 23.2. The number of hydrogen-bond acceptors (Lipinski definition) is 4. The van der Waals surface area contributed by atoms with Gasteiger partial charge in [-0.15, -0.1) is 0 Å². The van der Waals surface area contributed by atoms with E-state index in [1.54, 1.807) is 0 Å². The molecule has 0 aromatic rings. The number of nitrogens with two attached hydrogens (primary N) is 1. The Bertz CT molecular complexity index is 381. The second kappa shape index (κ2) is 4.21. The molecule has 0 aromatic carbocycles. The normalized spacial score (nSPS) is 45.2. The van der Waals surface area contributed by atoms with E-state index < -0.39 is 9.84 Å². The third kappa shape index (κ3) is 2.13. The Kier molecular flexibility index (Phi) is 2.96. The van der Waals surface area contributed by atoms with Crippen LogP contribution in [-0.2, 0) is 9.84 Å². The van der Waals surface area contributed by atoms with Crippen molar-refractivity contribution in [3.05, 3.63) is 0 Å². The van der Waals surface area contributed by atoms with Crippen molar-refractivity contribution in [2.45, 2.75) is 50.2 Å². The van der Waals surface area contributed by atoms with E-state index in [-0.39, 0.29) is 0 Å². The van der Waals surface area contributed by atoms with Gasteiger partial charge in [-0.05, 0) is 44.6 Å².